The van der Waals surface area contributed by atoms with E-state index in [1.54, 1.807) is 0 Å². The molecule has 0 N–H and O–H groups in total. The van der Waals surface area contributed by atoms with Crippen LogP contribution in [0.3, 0.4) is 0 Å². The molecule has 21 heavy (non-hydrogen) atoms. The number of ether oxygens (including phenoxy) is 1. The number of fused-ring (bicyclic) bond motifs is 1. The number of benzene rings is 1. The molecule has 3 rings (SSSR count). The minimum Gasteiger partial charge on any atom is -0.444 e. The molecule has 1 heterocycles. The molecule has 5 heteroatoms. The maximum atomic E-state index is 12.1. The molecule has 0 aromatic heterocycles. The summed E-state index contributed by atoms with van der Waals surface area (Å²) in [6.45, 7) is 7.31. The van der Waals surface area contributed by atoms with E-state index in [-0.39, 0.29) is 11.5 Å². The van der Waals surface area contributed by atoms with E-state index in [1.165, 1.54) is 11.1 Å². The van der Waals surface area contributed by atoms with Crippen LogP contribution in [0.15, 0.2) is 21.1 Å². The van der Waals surface area contributed by atoms with Crippen molar-refractivity contribution in [2.45, 2.75) is 39.2 Å². The highest BCUT2D eigenvalue weighted by Gasteiger charge is 2.49. The highest BCUT2D eigenvalue weighted by molar-refractivity contribution is 9.13. The smallest absolute Gasteiger partial charge is 0.410 e. The van der Waals surface area contributed by atoms with Gasteiger partial charge in [-0.05, 0) is 88.7 Å². The molecule has 1 aromatic carbocycles. The van der Waals surface area contributed by atoms with Gasteiger partial charge in [-0.3, -0.25) is 0 Å². The Morgan fingerprint density at radius 3 is 2.05 bits per heavy atom. The Bertz CT molecular complexity index is 568. The van der Waals surface area contributed by atoms with Crippen molar-refractivity contribution < 1.29 is 9.53 Å². The fraction of sp³-hybridized carbons (Fsp3) is 0.562. The van der Waals surface area contributed by atoms with Crippen LogP contribution in [0.4, 0.5) is 4.79 Å². The number of rotatable bonds is 0. The Balaban J connectivity index is 1.66. The van der Waals surface area contributed by atoms with Crippen molar-refractivity contribution in [1.29, 1.82) is 0 Å². The van der Waals surface area contributed by atoms with Crippen LogP contribution in [0.2, 0.25) is 0 Å². The second-order valence-electron chi connectivity index (χ2n) is 7.22. The number of hydrogen-bond donors (Lipinski definition) is 0. The van der Waals surface area contributed by atoms with Crippen molar-refractivity contribution in [3.8, 4) is 0 Å². The molecule has 2 aliphatic rings. The fourth-order valence-electron chi connectivity index (χ4n) is 3.27. The van der Waals surface area contributed by atoms with Crippen molar-refractivity contribution in [2.24, 2.45) is 5.41 Å². The van der Waals surface area contributed by atoms with Gasteiger partial charge in [-0.1, -0.05) is 0 Å². The molecule has 1 saturated heterocycles. The van der Waals surface area contributed by atoms with Crippen LogP contribution >= 0.6 is 31.9 Å². The molecule has 1 aliphatic heterocycles. The zero-order valence-corrected chi connectivity index (χ0v) is 15.7. The SMILES string of the molecule is CC(C)(C)OC(=O)N1CC2(Cc3cc(Br)c(Br)cc3C2)C1. The van der Waals surface area contributed by atoms with Gasteiger partial charge < -0.3 is 9.64 Å². The summed E-state index contributed by atoms with van der Waals surface area (Å²) in [5.74, 6) is 0. The van der Waals surface area contributed by atoms with Gasteiger partial charge in [-0.2, -0.15) is 0 Å². The Morgan fingerprint density at radius 1 is 1.14 bits per heavy atom. The lowest BCUT2D eigenvalue weighted by Crippen LogP contribution is -2.59. The van der Waals surface area contributed by atoms with E-state index >= 15 is 0 Å². The van der Waals surface area contributed by atoms with Gasteiger partial charge in [0, 0.05) is 27.4 Å². The van der Waals surface area contributed by atoms with Gasteiger partial charge in [0.15, 0.2) is 0 Å². The summed E-state index contributed by atoms with van der Waals surface area (Å²) in [6, 6.07) is 4.40. The number of carbonyl (C=O) groups excluding carboxylic acids is 1. The standard InChI is InChI=1S/C16H19Br2NO2/c1-15(2,3)21-14(20)19-8-16(9-19)6-10-4-12(17)13(18)5-11(10)7-16/h4-5H,6-9H2,1-3H3. The molecule has 1 aliphatic carbocycles. The van der Waals surface area contributed by atoms with Crippen LogP contribution in [0.5, 0.6) is 0 Å². The van der Waals surface area contributed by atoms with E-state index in [0.29, 0.717) is 0 Å². The first-order chi connectivity index (χ1) is 9.67. The largest absolute Gasteiger partial charge is 0.444 e. The maximum absolute atomic E-state index is 12.1. The highest BCUT2D eigenvalue weighted by Crippen LogP contribution is 2.46. The quantitative estimate of drug-likeness (QED) is 0.620. The molecular formula is C16H19Br2NO2. The van der Waals surface area contributed by atoms with Gasteiger partial charge in [0.25, 0.3) is 0 Å². The van der Waals surface area contributed by atoms with Crippen LogP contribution in [-0.4, -0.2) is 29.7 Å². The molecule has 0 unspecified atom stereocenters. The van der Waals surface area contributed by atoms with Gasteiger partial charge >= 0.3 is 6.09 Å². The minimum absolute atomic E-state index is 0.188. The summed E-state index contributed by atoms with van der Waals surface area (Å²) >= 11 is 7.13. The van der Waals surface area contributed by atoms with Crippen molar-refractivity contribution >= 4 is 38.0 Å². The lowest BCUT2D eigenvalue weighted by atomic mass is 9.77. The minimum atomic E-state index is -0.422. The van der Waals surface area contributed by atoms with Crippen molar-refractivity contribution in [3.05, 3.63) is 32.2 Å². The predicted molar refractivity (Wildman–Crippen MR) is 89.5 cm³/mol. The second-order valence-corrected chi connectivity index (χ2v) is 8.93. The monoisotopic (exact) mass is 415 g/mol. The van der Waals surface area contributed by atoms with Gasteiger partial charge in [0.1, 0.15) is 5.60 Å². The summed E-state index contributed by atoms with van der Waals surface area (Å²) in [4.78, 5) is 13.9. The molecule has 1 spiro atoms. The Labute approximate surface area is 142 Å². The lowest BCUT2D eigenvalue weighted by Gasteiger charge is -2.48. The van der Waals surface area contributed by atoms with Gasteiger partial charge in [-0.15, -0.1) is 0 Å². The number of hydrogen-bond acceptors (Lipinski definition) is 2. The highest BCUT2D eigenvalue weighted by atomic mass is 79.9. The third kappa shape index (κ3) is 3.00. The van der Waals surface area contributed by atoms with Crippen LogP contribution in [0.25, 0.3) is 0 Å². The molecule has 1 aromatic rings. The fourth-order valence-corrected chi connectivity index (χ4v) is 4.05. The van der Waals surface area contributed by atoms with Crippen LogP contribution in [-0.2, 0) is 17.6 Å². The summed E-state index contributed by atoms with van der Waals surface area (Å²) in [7, 11) is 0. The average molecular weight is 417 g/mol. The maximum Gasteiger partial charge on any atom is 0.410 e. The first kappa shape index (κ1) is 15.3. The number of halogens is 2. The number of carbonyl (C=O) groups is 1. The summed E-state index contributed by atoms with van der Waals surface area (Å²) in [5, 5.41) is 0. The lowest BCUT2D eigenvalue weighted by molar-refractivity contribution is -0.0306. The average Bonchev–Trinajstić information content (AvgIpc) is 2.64. The topological polar surface area (TPSA) is 29.5 Å². The van der Waals surface area contributed by atoms with Crippen molar-refractivity contribution in [2.75, 3.05) is 13.1 Å². The van der Waals surface area contributed by atoms with Crippen LogP contribution in [0.1, 0.15) is 31.9 Å². The van der Waals surface area contributed by atoms with Crippen LogP contribution in [0, 0.1) is 5.41 Å². The van der Waals surface area contributed by atoms with Gasteiger partial charge in [0.2, 0.25) is 0 Å². The predicted octanol–water partition coefficient (Wildman–Crippen LogP) is 4.55. The van der Waals surface area contributed by atoms with Crippen molar-refractivity contribution in [1.82, 2.24) is 4.90 Å². The molecule has 1 amide bonds. The third-order valence-electron chi connectivity index (χ3n) is 4.08. The number of amides is 1. The van der Waals surface area contributed by atoms with E-state index < -0.39 is 5.60 Å². The Kier molecular flexibility index (Phi) is 3.64. The second kappa shape index (κ2) is 4.98. The van der Waals surface area contributed by atoms with Crippen LogP contribution < -0.4 is 0 Å². The first-order valence-corrected chi connectivity index (χ1v) is 8.71. The molecule has 0 saturated carbocycles. The Hall–Kier alpha value is -0.550. The van der Waals surface area contributed by atoms with E-state index in [0.717, 1.165) is 34.9 Å². The Morgan fingerprint density at radius 2 is 1.62 bits per heavy atom. The zero-order chi connectivity index (χ0) is 15.4. The summed E-state index contributed by atoms with van der Waals surface area (Å²) < 4.78 is 7.63. The zero-order valence-electron chi connectivity index (χ0n) is 12.5. The van der Waals surface area contributed by atoms with E-state index in [4.69, 9.17) is 4.74 Å². The van der Waals surface area contributed by atoms with Gasteiger partial charge in [-0.25, -0.2) is 4.79 Å². The van der Waals surface area contributed by atoms with E-state index in [2.05, 4.69) is 44.0 Å². The molecule has 1 fully saturated rings. The molecule has 0 bridgehead atoms. The normalized spacial score (nSPS) is 19.4. The molecular weight excluding hydrogens is 398 g/mol. The molecule has 0 radical (unpaired) electrons. The third-order valence-corrected chi connectivity index (χ3v) is 5.92. The number of likely N-dealkylation sites (tertiary alicyclic amines) is 1. The number of nitrogens with zero attached hydrogens (tertiary/aromatic N) is 1. The van der Waals surface area contributed by atoms with E-state index in [1.807, 2.05) is 25.7 Å². The molecule has 0 atom stereocenters. The summed E-state index contributed by atoms with van der Waals surface area (Å²) in [6.07, 6.45) is 1.91. The van der Waals surface area contributed by atoms with E-state index in [9.17, 15) is 4.79 Å². The first-order valence-electron chi connectivity index (χ1n) is 7.12. The molecule has 114 valence electrons. The summed E-state index contributed by atoms with van der Waals surface area (Å²) in [5.41, 5.74) is 2.59. The molecule has 3 nitrogen and oxygen atoms in total. The van der Waals surface area contributed by atoms with Crippen molar-refractivity contribution in [3.63, 3.8) is 0 Å². The van der Waals surface area contributed by atoms with Gasteiger partial charge in [0.05, 0.1) is 0 Å².